The number of carbonyl (C=O) groups excluding carboxylic acids is 1. The first-order valence-corrected chi connectivity index (χ1v) is 10.5. The van der Waals surface area contributed by atoms with E-state index in [1.807, 2.05) is 60.9 Å². The van der Waals surface area contributed by atoms with Crippen molar-refractivity contribution in [1.82, 2.24) is 25.2 Å². The summed E-state index contributed by atoms with van der Waals surface area (Å²) in [6, 6.07) is 15.4. The summed E-state index contributed by atoms with van der Waals surface area (Å²) in [5.74, 6) is 1.92. The molecule has 0 aliphatic carbocycles. The number of pyridine rings is 1. The molecule has 3 aromatic heterocycles. The molecule has 1 amide bonds. The maximum Gasteiger partial charge on any atom is 0.250 e. The summed E-state index contributed by atoms with van der Waals surface area (Å²) in [4.78, 5) is 16.3. The molecule has 0 unspecified atom stereocenters. The number of furan rings is 1. The van der Waals surface area contributed by atoms with Crippen molar-refractivity contribution in [3.63, 3.8) is 0 Å². The number of thioether (sulfide) groups is 1. The Hall–Kier alpha value is -3.72. The van der Waals surface area contributed by atoms with E-state index in [-0.39, 0.29) is 11.7 Å². The second-order valence-corrected chi connectivity index (χ2v) is 7.69. The SMILES string of the molecule is Cc1ccc(-n2c(SCC(=O)N/N=C/c3ccc(C)o3)nnc2-c2ccncc2)cc1. The van der Waals surface area contributed by atoms with Gasteiger partial charge in [0.2, 0.25) is 0 Å². The van der Waals surface area contributed by atoms with Crippen LogP contribution in [0.15, 0.2) is 75.6 Å². The maximum atomic E-state index is 12.2. The van der Waals surface area contributed by atoms with Crippen molar-refractivity contribution in [3.8, 4) is 17.1 Å². The lowest BCUT2D eigenvalue weighted by Crippen LogP contribution is -2.19. The van der Waals surface area contributed by atoms with Crippen LogP contribution in [0.4, 0.5) is 0 Å². The molecule has 1 aromatic carbocycles. The van der Waals surface area contributed by atoms with Gasteiger partial charge in [-0.15, -0.1) is 10.2 Å². The van der Waals surface area contributed by atoms with Gasteiger partial charge in [0.05, 0.1) is 12.0 Å². The van der Waals surface area contributed by atoms with Crippen LogP contribution in [0, 0.1) is 13.8 Å². The molecule has 4 rings (SSSR count). The number of benzene rings is 1. The molecule has 0 aliphatic heterocycles. The first-order chi connectivity index (χ1) is 15.1. The van der Waals surface area contributed by atoms with Crippen LogP contribution in [0.5, 0.6) is 0 Å². The highest BCUT2D eigenvalue weighted by molar-refractivity contribution is 7.99. The Balaban J connectivity index is 1.51. The average molecular weight is 433 g/mol. The number of rotatable bonds is 7. The van der Waals surface area contributed by atoms with Gasteiger partial charge >= 0.3 is 0 Å². The predicted octanol–water partition coefficient (Wildman–Crippen LogP) is 3.78. The van der Waals surface area contributed by atoms with E-state index >= 15 is 0 Å². The predicted molar refractivity (Wildman–Crippen MR) is 119 cm³/mol. The van der Waals surface area contributed by atoms with Crippen LogP contribution in [0.25, 0.3) is 17.1 Å². The lowest BCUT2D eigenvalue weighted by atomic mass is 10.2. The molecule has 1 N–H and O–H groups in total. The van der Waals surface area contributed by atoms with E-state index in [1.165, 1.54) is 18.0 Å². The zero-order valence-corrected chi connectivity index (χ0v) is 17.8. The van der Waals surface area contributed by atoms with Crippen molar-refractivity contribution in [2.45, 2.75) is 19.0 Å². The monoisotopic (exact) mass is 432 g/mol. The molecule has 8 nitrogen and oxygen atoms in total. The van der Waals surface area contributed by atoms with Gasteiger partial charge in [-0.05, 0) is 50.2 Å². The number of nitrogens with zero attached hydrogens (tertiary/aromatic N) is 5. The Morgan fingerprint density at radius 1 is 1.10 bits per heavy atom. The van der Waals surface area contributed by atoms with Crippen molar-refractivity contribution in [1.29, 1.82) is 0 Å². The van der Waals surface area contributed by atoms with Gasteiger partial charge in [-0.1, -0.05) is 29.5 Å². The van der Waals surface area contributed by atoms with Crippen LogP contribution >= 0.6 is 11.8 Å². The minimum Gasteiger partial charge on any atom is -0.460 e. The number of aryl methyl sites for hydroxylation is 2. The molecule has 9 heteroatoms. The van der Waals surface area contributed by atoms with Gasteiger partial charge in [-0.3, -0.25) is 14.3 Å². The number of hydrogen-bond donors (Lipinski definition) is 1. The van der Waals surface area contributed by atoms with E-state index < -0.39 is 0 Å². The molecule has 0 spiro atoms. The highest BCUT2D eigenvalue weighted by Gasteiger charge is 2.17. The van der Waals surface area contributed by atoms with Gasteiger partial charge in [0, 0.05) is 23.6 Å². The third-order valence-corrected chi connectivity index (χ3v) is 5.27. The molecule has 0 bridgehead atoms. The number of aromatic nitrogens is 4. The van der Waals surface area contributed by atoms with Gasteiger partial charge in [0.1, 0.15) is 11.5 Å². The van der Waals surface area contributed by atoms with E-state index in [4.69, 9.17) is 4.42 Å². The average Bonchev–Trinajstić information content (AvgIpc) is 3.39. The Labute approximate surface area is 183 Å². The zero-order chi connectivity index (χ0) is 21.6. The van der Waals surface area contributed by atoms with E-state index in [2.05, 4.69) is 25.7 Å². The number of hydrogen-bond acceptors (Lipinski definition) is 7. The van der Waals surface area contributed by atoms with Gasteiger partial charge in [-0.25, -0.2) is 5.43 Å². The Kier molecular flexibility index (Phi) is 6.23. The molecule has 0 saturated heterocycles. The van der Waals surface area contributed by atoms with E-state index in [0.29, 0.717) is 16.7 Å². The molecule has 0 atom stereocenters. The van der Waals surface area contributed by atoms with Gasteiger partial charge < -0.3 is 4.42 Å². The summed E-state index contributed by atoms with van der Waals surface area (Å²) in [7, 11) is 0. The van der Waals surface area contributed by atoms with E-state index in [0.717, 1.165) is 22.6 Å². The van der Waals surface area contributed by atoms with E-state index in [9.17, 15) is 4.79 Å². The van der Waals surface area contributed by atoms with Crippen LogP contribution in [0.3, 0.4) is 0 Å². The number of hydrazone groups is 1. The summed E-state index contributed by atoms with van der Waals surface area (Å²) < 4.78 is 7.31. The van der Waals surface area contributed by atoms with Crippen LogP contribution in [-0.2, 0) is 4.79 Å². The second kappa shape index (κ2) is 9.40. The van der Waals surface area contributed by atoms with Crippen molar-refractivity contribution in [3.05, 3.63) is 78.0 Å². The molecular weight excluding hydrogens is 412 g/mol. The van der Waals surface area contributed by atoms with Crippen molar-refractivity contribution < 1.29 is 9.21 Å². The smallest absolute Gasteiger partial charge is 0.250 e. The fourth-order valence-electron chi connectivity index (χ4n) is 2.83. The number of carbonyl (C=O) groups is 1. The molecule has 0 radical (unpaired) electrons. The largest absolute Gasteiger partial charge is 0.460 e. The number of nitrogens with one attached hydrogen (secondary N) is 1. The van der Waals surface area contributed by atoms with Gasteiger partial charge in [-0.2, -0.15) is 5.10 Å². The standard InChI is InChI=1S/C22H20N6O2S/c1-15-3-6-18(7-4-15)28-21(17-9-11-23-12-10-17)26-27-22(28)31-14-20(29)25-24-13-19-8-5-16(2)30-19/h3-13H,14H2,1-2H3,(H,25,29)/b24-13+. The minimum atomic E-state index is -0.256. The van der Waals surface area contributed by atoms with Gasteiger partial charge in [0.15, 0.2) is 11.0 Å². The summed E-state index contributed by atoms with van der Waals surface area (Å²) >= 11 is 1.28. The molecule has 4 aromatic rings. The Morgan fingerprint density at radius 3 is 2.58 bits per heavy atom. The third kappa shape index (κ3) is 5.07. The van der Waals surface area contributed by atoms with Crippen molar-refractivity contribution in [2.24, 2.45) is 5.10 Å². The fourth-order valence-corrected chi connectivity index (χ4v) is 3.58. The lowest BCUT2D eigenvalue weighted by molar-refractivity contribution is -0.118. The lowest BCUT2D eigenvalue weighted by Gasteiger charge is -2.10. The number of amides is 1. The summed E-state index contributed by atoms with van der Waals surface area (Å²) in [5, 5.41) is 13.2. The Morgan fingerprint density at radius 2 is 1.87 bits per heavy atom. The quantitative estimate of drug-likeness (QED) is 0.271. The molecular formula is C22H20N6O2S. The fraction of sp³-hybridized carbons (Fsp3) is 0.136. The minimum absolute atomic E-state index is 0.134. The highest BCUT2D eigenvalue weighted by atomic mass is 32.2. The molecule has 0 aliphatic rings. The zero-order valence-electron chi connectivity index (χ0n) is 17.0. The van der Waals surface area contributed by atoms with Crippen LogP contribution in [0.2, 0.25) is 0 Å². The first-order valence-electron chi connectivity index (χ1n) is 9.54. The topological polar surface area (TPSA) is 98.2 Å². The third-order valence-electron chi connectivity index (χ3n) is 4.34. The molecule has 0 fully saturated rings. The first kappa shape index (κ1) is 20.5. The Bertz CT molecular complexity index is 1200. The maximum absolute atomic E-state index is 12.2. The molecule has 3 heterocycles. The summed E-state index contributed by atoms with van der Waals surface area (Å²) in [5.41, 5.74) is 5.45. The van der Waals surface area contributed by atoms with E-state index in [1.54, 1.807) is 18.5 Å². The van der Waals surface area contributed by atoms with Crippen molar-refractivity contribution >= 4 is 23.9 Å². The second-order valence-electron chi connectivity index (χ2n) is 6.74. The molecule has 156 valence electrons. The van der Waals surface area contributed by atoms with Gasteiger partial charge in [0.25, 0.3) is 5.91 Å². The van der Waals surface area contributed by atoms with Crippen LogP contribution < -0.4 is 5.43 Å². The molecule has 0 saturated carbocycles. The summed E-state index contributed by atoms with van der Waals surface area (Å²) in [6.45, 7) is 3.88. The summed E-state index contributed by atoms with van der Waals surface area (Å²) in [6.07, 6.45) is 4.89. The van der Waals surface area contributed by atoms with Crippen molar-refractivity contribution in [2.75, 3.05) is 5.75 Å². The van der Waals surface area contributed by atoms with Crippen LogP contribution in [0.1, 0.15) is 17.1 Å². The molecule has 31 heavy (non-hydrogen) atoms. The normalized spacial score (nSPS) is 11.2. The van der Waals surface area contributed by atoms with Crippen LogP contribution in [-0.4, -0.2) is 37.6 Å². The highest BCUT2D eigenvalue weighted by Crippen LogP contribution is 2.27.